The first kappa shape index (κ1) is 11.9. The van der Waals surface area contributed by atoms with Gasteiger partial charge in [0.2, 0.25) is 0 Å². The summed E-state index contributed by atoms with van der Waals surface area (Å²) in [5.74, 6) is 0. The molecule has 0 saturated carbocycles. The standard InChI is InChI=1S/C13H13ClN2O/c1-9(2)16-13(11(8-17)7-15-16)10-3-5-12(14)6-4-10/h3-9H,1-2H3. The topological polar surface area (TPSA) is 34.9 Å². The highest BCUT2D eigenvalue weighted by Crippen LogP contribution is 2.26. The lowest BCUT2D eigenvalue weighted by Crippen LogP contribution is -2.05. The Labute approximate surface area is 105 Å². The second-order valence-corrected chi connectivity index (χ2v) is 4.55. The SMILES string of the molecule is CC(C)n1ncc(C=O)c1-c1ccc(Cl)cc1. The molecule has 0 spiro atoms. The molecule has 0 saturated heterocycles. The molecule has 1 aromatic heterocycles. The smallest absolute Gasteiger partial charge is 0.153 e. The summed E-state index contributed by atoms with van der Waals surface area (Å²) in [7, 11) is 0. The third-order valence-electron chi connectivity index (χ3n) is 2.56. The summed E-state index contributed by atoms with van der Waals surface area (Å²) in [6.07, 6.45) is 2.42. The number of hydrogen-bond acceptors (Lipinski definition) is 2. The molecule has 0 bridgehead atoms. The van der Waals surface area contributed by atoms with Crippen LogP contribution in [0.5, 0.6) is 0 Å². The van der Waals surface area contributed by atoms with Crippen molar-refractivity contribution in [2.75, 3.05) is 0 Å². The van der Waals surface area contributed by atoms with Gasteiger partial charge in [0.15, 0.2) is 6.29 Å². The lowest BCUT2D eigenvalue weighted by atomic mass is 10.1. The quantitative estimate of drug-likeness (QED) is 0.778. The van der Waals surface area contributed by atoms with E-state index in [-0.39, 0.29) is 6.04 Å². The highest BCUT2D eigenvalue weighted by Gasteiger charge is 2.14. The summed E-state index contributed by atoms with van der Waals surface area (Å²) >= 11 is 5.86. The first-order valence-electron chi connectivity index (χ1n) is 5.42. The highest BCUT2D eigenvalue weighted by molar-refractivity contribution is 6.30. The molecule has 88 valence electrons. The number of aromatic nitrogens is 2. The van der Waals surface area contributed by atoms with E-state index in [2.05, 4.69) is 5.10 Å². The molecule has 4 heteroatoms. The molecule has 1 heterocycles. The number of carbonyl (C=O) groups is 1. The van der Waals surface area contributed by atoms with Gasteiger partial charge in [0, 0.05) is 16.6 Å². The molecule has 2 aromatic rings. The third-order valence-corrected chi connectivity index (χ3v) is 2.81. The van der Waals surface area contributed by atoms with Crippen LogP contribution in [-0.4, -0.2) is 16.1 Å². The second-order valence-electron chi connectivity index (χ2n) is 4.11. The fraction of sp³-hybridized carbons (Fsp3) is 0.231. The first-order valence-corrected chi connectivity index (χ1v) is 5.80. The van der Waals surface area contributed by atoms with Gasteiger partial charge in [-0.15, -0.1) is 0 Å². The van der Waals surface area contributed by atoms with Gasteiger partial charge >= 0.3 is 0 Å². The molecule has 17 heavy (non-hydrogen) atoms. The lowest BCUT2D eigenvalue weighted by molar-refractivity contribution is 0.112. The molecule has 1 aromatic carbocycles. The maximum absolute atomic E-state index is 11.0. The molecule has 3 nitrogen and oxygen atoms in total. The van der Waals surface area contributed by atoms with Gasteiger partial charge in [-0.2, -0.15) is 5.10 Å². The van der Waals surface area contributed by atoms with Crippen molar-refractivity contribution in [1.29, 1.82) is 0 Å². The van der Waals surface area contributed by atoms with E-state index in [1.54, 1.807) is 6.20 Å². The number of benzene rings is 1. The van der Waals surface area contributed by atoms with Gasteiger partial charge in [-0.1, -0.05) is 23.7 Å². The second kappa shape index (κ2) is 4.72. The molecule has 0 unspecified atom stereocenters. The van der Waals surface area contributed by atoms with Crippen molar-refractivity contribution in [2.45, 2.75) is 19.9 Å². The molecule has 0 amide bonds. The van der Waals surface area contributed by atoms with E-state index in [9.17, 15) is 4.79 Å². The van der Waals surface area contributed by atoms with E-state index >= 15 is 0 Å². The highest BCUT2D eigenvalue weighted by atomic mass is 35.5. The van der Waals surface area contributed by atoms with Crippen LogP contribution in [0.4, 0.5) is 0 Å². The minimum absolute atomic E-state index is 0.203. The maximum atomic E-state index is 11.0. The Hall–Kier alpha value is -1.61. The Balaban J connectivity index is 2.59. The minimum Gasteiger partial charge on any atom is -0.298 e. The normalized spacial score (nSPS) is 10.8. The average molecular weight is 249 g/mol. The molecule has 0 fully saturated rings. The summed E-state index contributed by atoms with van der Waals surface area (Å²) < 4.78 is 1.84. The van der Waals surface area contributed by atoms with Crippen molar-refractivity contribution in [3.63, 3.8) is 0 Å². The van der Waals surface area contributed by atoms with Crippen molar-refractivity contribution >= 4 is 17.9 Å². The molecule has 0 aliphatic rings. The fourth-order valence-corrected chi connectivity index (χ4v) is 1.89. The van der Waals surface area contributed by atoms with Gasteiger partial charge in [-0.25, -0.2) is 0 Å². The predicted molar refractivity (Wildman–Crippen MR) is 68.4 cm³/mol. The van der Waals surface area contributed by atoms with Crippen LogP contribution in [0.1, 0.15) is 30.2 Å². The van der Waals surface area contributed by atoms with Gasteiger partial charge in [-0.3, -0.25) is 9.48 Å². The van der Waals surface area contributed by atoms with Crippen LogP contribution in [0.25, 0.3) is 11.3 Å². The van der Waals surface area contributed by atoms with Crippen molar-refractivity contribution in [1.82, 2.24) is 9.78 Å². The number of hydrogen-bond donors (Lipinski definition) is 0. The van der Waals surface area contributed by atoms with Crippen LogP contribution in [0.2, 0.25) is 5.02 Å². The summed E-state index contributed by atoms with van der Waals surface area (Å²) in [5, 5.41) is 4.92. The summed E-state index contributed by atoms with van der Waals surface area (Å²) in [6.45, 7) is 4.06. The Kier molecular flexibility index (Phi) is 3.29. The fourth-order valence-electron chi connectivity index (χ4n) is 1.76. The van der Waals surface area contributed by atoms with Crippen LogP contribution < -0.4 is 0 Å². The Bertz CT molecular complexity index is 529. The molecule has 0 aliphatic heterocycles. The van der Waals surface area contributed by atoms with Crippen LogP contribution in [0.3, 0.4) is 0 Å². The van der Waals surface area contributed by atoms with Crippen LogP contribution >= 0.6 is 11.6 Å². The zero-order valence-electron chi connectivity index (χ0n) is 9.72. The molecule has 2 rings (SSSR count). The van der Waals surface area contributed by atoms with Gasteiger partial charge < -0.3 is 0 Å². The van der Waals surface area contributed by atoms with Gasteiger partial charge in [-0.05, 0) is 26.0 Å². The Morgan fingerprint density at radius 2 is 1.94 bits per heavy atom. The average Bonchev–Trinajstić information content (AvgIpc) is 2.73. The summed E-state index contributed by atoms with van der Waals surface area (Å²) in [6, 6.07) is 7.61. The third kappa shape index (κ3) is 2.24. The van der Waals surface area contributed by atoms with Crippen molar-refractivity contribution in [2.24, 2.45) is 0 Å². The van der Waals surface area contributed by atoms with Crippen LogP contribution in [0, 0.1) is 0 Å². The zero-order chi connectivity index (χ0) is 12.4. The summed E-state index contributed by atoms with van der Waals surface area (Å²) in [5.41, 5.74) is 2.38. The van der Waals surface area contributed by atoms with E-state index in [4.69, 9.17) is 11.6 Å². The van der Waals surface area contributed by atoms with Crippen LogP contribution in [-0.2, 0) is 0 Å². The molecule has 0 atom stereocenters. The minimum atomic E-state index is 0.203. The van der Waals surface area contributed by atoms with Crippen molar-refractivity contribution in [3.05, 3.63) is 41.0 Å². The van der Waals surface area contributed by atoms with E-state index in [0.717, 1.165) is 17.5 Å². The molecule has 0 radical (unpaired) electrons. The van der Waals surface area contributed by atoms with Crippen LogP contribution in [0.15, 0.2) is 30.5 Å². The zero-order valence-corrected chi connectivity index (χ0v) is 10.5. The van der Waals surface area contributed by atoms with E-state index in [1.807, 2.05) is 42.8 Å². The van der Waals surface area contributed by atoms with Gasteiger partial charge in [0.1, 0.15) is 0 Å². The van der Waals surface area contributed by atoms with Crippen molar-refractivity contribution < 1.29 is 4.79 Å². The largest absolute Gasteiger partial charge is 0.298 e. The molecular weight excluding hydrogens is 236 g/mol. The predicted octanol–water partition coefficient (Wildman–Crippen LogP) is 3.60. The van der Waals surface area contributed by atoms with E-state index in [0.29, 0.717) is 10.6 Å². The Morgan fingerprint density at radius 1 is 1.29 bits per heavy atom. The summed E-state index contributed by atoms with van der Waals surface area (Å²) in [4.78, 5) is 11.0. The number of nitrogens with zero attached hydrogens (tertiary/aromatic N) is 2. The van der Waals surface area contributed by atoms with E-state index in [1.165, 1.54) is 0 Å². The number of aldehydes is 1. The lowest BCUT2D eigenvalue weighted by Gasteiger charge is -2.11. The number of halogens is 1. The molecule has 0 N–H and O–H groups in total. The van der Waals surface area contributed by atoms with Crippen molar-refractivity contribution in [3.8, 4) is 11.3 Å². The first-order chi connectivity index (χ1) is 8.13. The Morgan fingerprint density at radius 3 is 2.47 bits per heavy atom. The molecule has 0 aliphatic carbocycles. The van der Waals surface area contributed by atoms with Gasteiger partial charge in [0.25, 0.3) is 0 Å². The maximum Gasteiger partial charge on any atom is 0.153 e. The van der Waals surface area contributed by atoms with E-state index < -0.39 is 0 Å². The molecular formula is C13H13ClN2O. The monoisotopic (exact) mass is 248 g/mol. The number of carbonyl (C=O) groups excluding carboxylic acids is 1. The number of rotatable bonds is 3. The van der Waals surface area contributed by atoms with Gasteiger partial charge in [0.05, 0.1) is 17.5 Å².